The quantitative estimate of drug-likeness (QED) is 0.278. The van der Waals surface area contributed by atoms with E-state index in [1.54, 1.807) is 54.6 Å². The lowest BCUT2D eigenvalue weighted by Crippen LogP contribution is -2.36. The van der Waals surface area contributed by atoms with Gasteiger partial charge in [-0.05, 0) is 91.7 Å². The Morgan fingerprint density at radius 2 is 1.30 bits per heavy atom. The number of carbonyl (C=O) groups excluding carboxylic acids is 3. The van der Waals surface area contributed by atoms with E-state index in [0.717, 1.165) is 37.3 Å². The molecule has 3 N–H and O–H groups in total. The number of morpholine rings is 1. The summed E-state index contributed by atoms with van der Waals surface area (Å²) in [4.78, 5) is 40.5. The van der Waals surface area contributed by atoms with Crippen LogP contribution in [0.2, 0.25) is 0 Å². The highest BCUT2D eigenvalue weighted by molar-refractivity contribution is 6.10. The Labute approximate surface area is 231 Å². The van der Waals surface area contributed by atoms with Crippen LogP contribution in [0.25, 0.3) is 0 Å². The van der Waals surface area contributed by atoms with Crippen LogP contribution in [0.1, 0.15) is 61.2 Å². The molecule has 9 heteroatoms. The number of ketones is 1. The van der Waals surface area contributed by atoms with Gasteiger partial charge in [0.2, 0.25) is 0 Å². The second kappa shape index (κ2) is 11.2. The van der Waals surface area contributed by atoms with Gasteiger partial charge in [-0.3, -0.25) is 19.5 Å². The van der Waals surface area contributed by atoms with Crippen molar-refractivity contribution in [2.75, 3.05) is 41.8 Å². The number of ether oxygens (including phenoxy) is 1. The van der Waals surface area contributed by atoms with Crippen LogP contribution in [0.3, 0.4) is 0 Å². The zero-order valence-electron chi connectivity index (χ0n) is 21.9. The fourth-order valence-electron chi connectivity index (χ4n) is 4.67. The lowest BCUT2D eigenvalue weighted by atomic mass is 10.0. The second-order valence-electron chi connectivity index (χ2n) is 10.0. The Kier molecular flexibility index (Phi) is 7.11. The molecule has 9 nitrogen and oxygen atoms in total. The molecule has 0 spiro atoms. The van der Waals surface area contributed by atoms with E-state index in [9.17, 15) is 14.4 Å². The van der Waals surface area contributed by atoms with Crippen molar-refractivity contribution in [3.63, 3.8) is 0 Å². The number of hydrogen-bond donors (Lipinski definition) is 3. The Hall–Kier alpha value is -4.76. The molecular weight excluding hydrogens is 506 g/mol. The topological polar surface area (TPSA) is 116 Å². The Bertz CT molecular complexity index is 1520. The summed E-state index contributed by atoms with van der Waals surface area (Å²) in [6.07, 6.45) is 2.23. The molecule has 40 heavy (non-hydrogen) atoms. The van der Waals surface area contributed by atoms with Crippen molar-refractivity contribution in [1.29, 1.82) is 0 Å². The van der Waals surface area contributed by atoms with Crippen molar-refractivity contribution >= 4 is 34.7 Å². The molecule has 2 aliphatic rings. The Morgan fingerprint density at radius 3 is 1.88 bits per heavy atom. The molecule has 1 aromatic heterocycles. The molecule has 0 bridgehead atoms. The molecule has 0 radical (unpaired) electrons. The average Bonchev–Trinajstić information content (AvgIpc) is 3.74. The molecule has 2 amide bonds. The minimum atomic E-state index is -0.274. The number of aromatic amines is 1. The van der Waals surface area contributed by atoms with Crippen LogP contribution in [-0.2, 0) is 4.74 Å². The summed E-state index contributed by atoms with van der Waals surface area (Å²) in [6, 6.07) is 22.8. The predicted molar refractivity (Wildman–Crippen MR) is 152 cm³/mol. The van der Waals surface area contributed by atoms with Gasteiger partial charge in [-0.25, -0.2) is 0 Å². The first-order chi connectivity index (χ1) is 19.5. The molecule has 0 atom stereocenters. The van der Waals surface area contributed by atoms with Crippen molar-refractivity contribution in [3.8, 4) is 0 Å². The van der Waals surface area contributed by atoms with E-state index in [2.05, 4.69) is 25.7 Å². The first kappa shape index (κ1) is 25.5. The Morgan fingerprint density at radius 1 is 0.750 bits per heavy atom. The van der Waals surface area contributed by atoms with Crippen molar-refractivity contribution in [2.24, 2.45) is 0 Å². The van der Waals surface area contributed by atoms with E-state index in [1.807, 2.05) is 24.3 Å². The average molecular weight is 536 g/mol. The molecule has 0 unspecified atom stereocenters. The van der Waals surface area contributed by atoms with Gasteiger partial charge < -0.3 is 20.3 Å². The second-order valence-corrected chi connectivity index (χ2v) is 10.0. The normalized spacial score (nSPS) is 14.9. The SMILES string of the molecule is O=C(Nc1ccc(C(=O)c2ccc(NC(=O)c3cc(C4CC4)n[nH]3)cc2)cc1)c1ccc(N2CCOCC2)cc1. The number of hydrogen-bond acceptors (Lipinski definition) is 6. The zero-order valence-corrected chi connectivity index (χ0v) is 21.9. The van der Waals surface area contributed by atoms with Gasteiger partial charge in [-0.2, -0.15) is 5.10 Å². The van der Waals surface area contributed by atoms with Gasteiger partial charge in [-0.1, -0.05) is 0 Å². The lowest BCUT2D eigenvalue weighted by Gasteiger charge is -2.28. The monoisotopic (exact) mass is 535 g/mol. The number of H-pyrrole nitrogens is 1. The first-order valence-corrected chi connectivity index (χ1v) is 13.4. The van der Waals surface area contributed by atoms with Gasteiger partial charge in [0.05, 0.1) is 18.9 Å². The van der Waals surface area contributed by atoms with Crippen molar-refractivity contribution in [1.82, 2.24) is 10.2 Å². The van der Waals surface area contributed by atoms with Crippen molar-refractivity contribution in [2.45, 2.75) is 18.8 Å². The van der Waals surface area contributed by atoms with Crippen molar-refractivity contribution in [3.05, 3.63) is 107 Å². The summed E-state index contributed by atoms with van der Waals surface area (Å²) in [7, 11) is 0. The van der Waals surface area contributed by atoms with E-state index in [0.29, 0.717) is 52.9 Å². The lowest BCUT2D eigenvalue weighted by molar-refractivity contribution is 0.101. The number of rotatable bonds is 8. The molecule has 2 heterocycles. The number of aromatic nitrogens is 2. The highest BCUT2D eigenvalue weighted by Crippen LogP contribution is 2.39. The molecule has 202 valence electrons. The molecule has 1 aliphatic carbocycles. The number of carbonyl (C=O) groups is 3. The third-order valence-electron chi connectivity index (χ3n) is 7.15. The molecule has 1 aliphatic heterocycles. The highest BCUT2D eigenvalue weighted by Gasteiger charge is 2.27. The summed E-state index contributed by atoms with van der Waals surface area (Å²) < 4.78 is 5.39. The third-order valence-corrected chi connectivity index (χ3v) is 7.15. The smallest absolute Gasteiger partial charge is 0.273 e. The van der Waals surface area contributed by atoms with Gasteiger partial charge in [0.1, 0.15) is 5.69 Å². The number of benzene rings is 3. The van der Waals surface area contributed by atoms with E-state index < -0.39 is 0 Å². The molecule has 1 saturated carbocycles. The molecular formula is C31H29N5O4. The van der Waals surface area contributed by atoms with Gasteiger partial charge in [0.15, 0.2) is 5.78 Å². The van der Waals surface area contributed by atoms with Crippen LogP contribution < -0.4 is 15.5 Å². The Balaban J connectivity index is 1.04. The minimum absolute atomic E-state index is 0.155. The number of amides is 2. The van der Waals surface area contributed by atoms with Crippen LogP contribution in [0.15, 0.2) is 78.9 Å². The maximum absolute atomic E-state index is 13.0. The number of nitrogens with zero attached hydrogens (tertiary/aromatic N) is 2. The fraction of sp³-hybridized carbons (Fsp3) is 0.226. The van der Waals surface area contributed by atoms with E-state index >= 15 is 0 Å². The van der Waals surface area contributed by atoms with Crippen molar-refractivity contribution < 1.29 is 19.1 Å². The fourth-order valence-corrected chi connectivity index (χ4v) is 4.67. The summed E-state index contributed by atoms with van der Waals surface area (Å²) in [6.45, 7) is 3.09. The van der Waals surface area contributed by atoms with E-state index in [1.165, 1.54) is 0 Å². The van der Waals surface area contributed by atoms with Crippen LogP contribution in [0, 0.1) is 0 Å². The predicted octanol–water partition coefficient (Wildman–Crippen LogP) is 4.86. The van der Waals surface area contributed by atoms with Gasteiger partial charge in [0, 0.05) is 52.8 Å². The number of anilines is 3. The summed E-state index contributed by atoms with van der Waals surface area (Å²) in [5.41, 5.74) is 5.13. The molecule has 3 aromatic carbocycles. The standard InChI is InChI=1S/C31H29N5O4/c37-29(22-5-11-25(12-6-22)33-31(39)28-19-27(34-35-28)20-1-2-20)21-3-9-24(10-4-21)32-30(38)23-7-13-26(14-8-23)36-15-17-40-18-16-36/h3-14,19-20H,1-2,15-18H2,(H,32,38)(H,33,39)(H,34,35). The molecule has 1 saturated heterocycles. The van der Waals surface area contributed by atoms with E-state index in [4.69, 9.17) is 4.74 Å². The van der Waals surface area contributed by atoms with E-state index in [-0.39, 0.29) is 17.6 Å². The van der Waals surface area contributed by atoms with Crippen LogP contribution >= 0.6 is 0 Å². The maximum atomic E-state index is 13.0. The largest absolute Gasteiger partial charge is 0.378 e. The van der Waals surface area contributed by atoms with Gasteiger partial charge in [0.25, 0.3) is 11.8 Å². The molecule has 2 fully saturated rings. The summed E-state index contributed by atoms with van der Waals surface area (Å²) >= 11 is 0. The van der Waals surface area contributed by atoms with Crippen LogP contribution in [0.4, 0.5) is 17.1 Å². The zero-order chi connectivity index (χ0) is 27.5. The van der Waals surface area contributed by atoms with Crippen LogP contribution in [0.5, 0.6) is 0 Å². The minimum Gasteiger partial charge on any atom is -0.378 e. The summed E-state index contributed by atoms with van der Waals surface area (Å²) in [5.74, 6) is -0.183. The summed E-state index contributed by atoms with van der Waals surface area (Å²) in [5, 5.41) is 12.7. The van der Waals surface area contributed by atoms with Gasteiger partial charge >= 0.3 is 0 Å². The van der Waals surface area contributed by atoms with Crippen LogP contribution in [-0.4, -0.2) is 54.1 Å². The molecule has 4 aromatic rings. The molecule has 6 rings (SSSR count). The number of nitrogens with one attached hydrogen (secondary N) is 3. The van der Waals surface area contributed by atoms with Gasteiger partial charge in [-0.15, -0.1) is 0 Å². The highest BCUT2D eigenvalue weighted by atomic mass is 16.5. The maximum Gasteiger partial charge on any atom is 0.273 e. The first-order valence-electron chi connectivity index (χ1n) is 13.4. The third kappa shape index (κ3) is 5.79.